The summed E-state index contributed by atoms with van der Waals surface area (Å²) in [6.45, 7) is 0. The van der Waals surface area contributed by atoms with Crippen LogP contribution < -0.4 is 5.73 Å². The third-order valence-corrected chi connectivity index (χ3v) is 3.67. The van der Waals surface area contributed by atoms with Crippen molar-refractivity contribution in [2.45, 2.75) is 24.6 Å². The number of carboxylic acids is 1. The minimum absolute atomic E-state index is 0. The van der Waals surface area contributed by atoms with Crippen LogP contribution in [0.3, 0.4) is 0 Å². The number of aliphatic carboxylic acids is 1. The van der Waals surface area contributed by atoms with E-state index in [-0.39, 0.29) is 19.9 Å². The van der Waals surface area contributed by atoms with E-state index in [0.29, 0.717) is 17.9 Å². The summed E-state index contributed by atoms with van der Waals surface area (Å²) < 4.78 is 11.7. The van der Waals surface area contributed by atoms with Crippen LogP contribution in [-0.4, -0.2) is 27.1 Å². The van der Waals surface area contributed by atoms with Crippen molar-refractivity contribution in [3.63, 3.8) is 0 Å². The van der Waals surface area contributed by atoms with E-state index in [0.717, 1.165) is 5.56 Å². The highest BCUT2D eigenvalue weighted by atomic mass is 32.2. The third-order valence-electron chi connectivity index (χ3n) is 2.32. The Balaban J connectivity index is 0.00000289. The second kappa shape index (κ2) is 9.13. The highest BCUT2D eigenvalue weighted by Gasteiger charge is 2.10. The molecule has 0 radical (unpaired) electrons. The van der Waals surface area contributed by atoms with Crippen LogP contribution in [-0.2, 0) is 21.3 Å². The minimum Gasteiger partial charge on any atom is -0.481 e. The van der Waals surface area contributed by atoms with Crippen molar-refractivity contribution >= 4 is 30.3 Å². The summed E-state index contributed by atoms with van der Waals surface area (Å²) in [4.78, 5) is 10.4. The monoisotopic (exact) mass is 289 g/mol. The zero-order valence-electron chi connectivity index (χ0n) is 10.0. The summed E-state index contributed by atoms with van der Waals surface area (Å²) in [5.41, 5.74) is 6.63. The van der Waals surface area contributed by atoms with Crippen molar-refractivity contribution in [1.82, 2.24) is 0 Å². The van der Waals surface area contributed by atoms with Gasteiger partial charge in [0.2, 0.25) is 0 Å². The first-order chi connectivity index (χ1) is 8.08. The fraction of sp³-hybridized carbons (Fsp3) is 0.417. The summed E-state index contributed by atoms with van der Waals surface area (Å²) >= 11 is 0. The van der Waals surface area contributed by atoms with Crippen molar-refractivity contribution < 1.29 is 14.1 Å². The van der Waals surface area contributed by atoms with Crippen LogP contribution in [0.5, 0.6) is 0 Å². The summed E-state index contributed by atoms with van der Waals surface area (Å²) in [6.07, 6.45) is 0.411. The smallest absolute Gasteiger partial charge is 0.304 e. The van der Waals surface area contributed by atoms with Gasteiger partial charge in [0.1, 0.15) is 0 Å². The fourth-order valence-electron chi connectivity index (χ4n) is 1.44. The molecule has 0 heterocycles. The molecule has 2 unspecified atom stereocenters. The molecule has 0 aliphatic heterocycles. The van der Waals surface area contributed by atoms with Gasteiger partial charge in [-0.2, -0.15) is 13.5 Å². The minimum atomic E-state index is -0.979. The number of rotatable bonds is 7. The Hall–Kier alpha value is -0.850. The zero-order chi connectivity index (χ0) is 12.7. The summed E-state index contributed by atoms with van der Waals surface area (Å²) in [5, 5.41) is 8.53. The van der Waals surface area contributed by atoms with Gasteiger partial charge >= 0.3 is 5.97 Å². The van der Waals surface area contributed by atoms with Crippen LogP contribution in [0.1, 0.15) is 18.4 Å². The average Bonchev–Trinajstić information content (AvgIpc) is 2.27. The number of carbonyl (C=O) groups is 1. The Morgan fingerprint density at radius 1 is 1.33 bits per heavy atom. The van der Waals surface area contributed by atoms with E-state index in [1.807, 2.05) is 30.3 Å². The second-order valence-electron chi connectivity index (χ2n) is 3.92. The van der Waals surface area contributed by atoms with Crippen LogP contribution in [0.25, 0.3) is 0 Å². The molecular formula is C12H19NO3S2. The van der Waals surface area contributed by atoms with Gasteiger partial charge in [0, 0.05) is 28.3 Å². The molecule has 0 saturated heterocycles. The van der Waals surface area contributed by atoms with Gasteiger partial charge in [-0.3, -0.25) is 9.00 Å². The van der Waals surface area contributed by atoms with E-state index in [9.17, 15) is 9.00 Å². The molecule has 0 saturated carbocycles. The van der Waals surface area contributed by atoms with Crippen LogP contribution in [0.15, 0.2) is 30.3 Å². The molecule has 1 aromatic carbocycles. The maximum absolute atomic E-state index is 11.7. The average molecular weight is 289 g/mol. The predicted octanol–water partition coefficient (Wildman–Crippen LogP) is 1.24. The topological polar surface area (TPSA) is 80.4 Å². The molecule has 2 atom stereocenters. The number of hydrogen-bond acceptors (Lipinski definition) is 3. The molecule has 4 nitrogen and oxygen atoms in total. The lowest BCUT2D eigenvalue weighted by atomic mass is 10.2. The number of hydrogen-bond donors (Lipinski definition) is 2. The first kappa shape index (κ1) is 17.2. The molecule has 0 aliphatic carbocycles. The molecule has 0 aliphatic rings. The van der Waals surface area contributed by atoms with Crippen LogP contribution >= 0.6 is 13.5 Å². The van der Waals surface area contributed by atoms with Gasteiger partial charge in [-0.25, -0.2) is 0 Å². The van der Waals surface area contributed by atoms with Crippen molar-refractivity contribution in [3.8, 4) is 0 Å². The molecular weight excluding hydrogens is 270 g/mol. The maximum atomic E-state index is 11.7. The van der Waals surface area contributed by atoms with Crippen LogP contribution in [0.2, 0.25) is 0 Å². The Labute approximate surface area is 116 Å². The van der Waals surface area contributed by atoms with Crippen molar-refractivity contribution in [2.75, 3.05) is 5.75 Å². The molecule has 0 aromatic heterocycles. The van der Waals surface area contributed by atoms with Gasteiger partial charge in [-0.15, -0.1) is 0 Å². The van der Waals surface area contributed by atoms with E-state index in [1.54, 1.807) is 0 Å². The normalized spacial score (nSPS) is 13.4. The third kappa shape index (κ3) is 7.47. The summed E-state index contributed by atoms with van der Waals surface area (Å²) in [5.74, 6) is 0.0376. The van der Waals surface area contributed by atoms with Crippen LogP contribution in [0, 0.1) is 0 Å². The van der Waals surface area contributed by atoms with Gasteiger partial charge in [0.15, 0.2) is 0 Å². The molecule has 0 fully saturated rings. The van der Waals surface area contributed by atoms with Gasteiger partial charge in [-0.05, 0) is 12.0 Å². The molecule has 0 amide bonds. The van der Waals surface area contributed by atoms with Crippen molar-refractivity contribution in [3.05, 3.63) is 35.9 Å². The lowest BCUT2D eigenvalue weighted by Gasteiger charge is -2.08. The van der Waals surface area contributed by atoms with E-state index in [4.69, 9.17) is 10.8 Å². The number of benzene rings is 1. The summed E-state index contributed by atoms with van der Waals surface area (Å²) in [6, 6.07) is 9.16. The van der Waals surface area contributed by atoms with Gasteiger partial charge in [-0.1, -0.05) is 30.3 Å². The summed E-state index contributed by atoms with van der Waals surface area (Å²) in [7, 11) is -0.979. The Kier molecular flexibility index (Phi) is 8.70. The second-order valence-corrected chi connectivity index (χ2v) is 5.50. The van der Waals surface area contributed by atoms with E-state index in [1.165, 1.54) is 0 Å². The van der Waals surface area contributed by atoms with Crippen molar-refractivity contribution in [1.29, 1.82) is 0 Å². The number of nitrogens with two attached hydrogens (primary N) is 1. The molecule has 0 bridgehead atoms. The molecule has 18 heavy (non-hydrogen) atoms. The van der Waals surface area contributed by atoms with Gasteiger partial charge in [0.05, 0.1) is 6.42 Å². The Morgan fingerprint density at radius 3 is 2.50 bits per heavy atom. The fourth-order valence-corrected chi connectivity index (χ4v) is 2.72. The first-order valence-corrected chi connectivity index (χ1v) is 6.93. The van der Waals surface area contributed by atoms with Crippen LogP contribution in [0.4, 0.5) is 0 Å². The molecule has 1 rings (SSSR count). The maximum Gasteiger partial charge on any atom is 0.304 e. The Bertz CT molecular complexity index is 384. The highest BCUT2D eigenvalue weighted by Crippen LogP contribution is 2.05. The van der Waals surface area contributed by atoms with Gasteiger partial charge in [0.25, 0.3) is 0 Å². The zero-order valence-corrected chi connectivity index (χ0v) is 11.9. The van der Waals surface area contributed by atoms with Crippen molar-refractivity contribution in [2.24, 2.45) is 5.73 Å². The van der Waals surface area contributed by atoms with E-state index >= 15 is 0 Å². The predicted molar refractivity (Wildman–Crippen MR) is 78.4 cm³/mol. The highest BCUT2D eigenvalue weighted by molar-refractivity contribution is 7.84. The number of carboxylic acid groups (broad SMARTS) is 1. The quantitative estimate of drug-likeness (QED) is 0.791. The van der Waals surface area contributed by atoms with E-state index in [2.05, 4.69) is 0 Å². The molecule has 0 spiro atoms. The molecule has 3 N–H and O–H groups in total. The largest absolute Gasteiger partial charge is 0.481 e. The standard InChI is InChI=1S/C12H17NO3S.H2S/c13-11(8-12(14)15)6-7-17(16)9-10-4-2-1-3-5-10;/h1-5,11H,6-9,13H2,(H,14,15);1H2. The van der Waals surface area contributed by atoms with E-state index < -0.39 is 22.8 Å². The lowest BCUT2D eigenvalue weighted by molar-refractivity contribution is -0.137. The lowest BCUT2D eigenvalue weighted by Crippen LogP contribution is -2.25. The SMILES string of the molecule is NC(CCS(=O)Cc1ccccc1)CC(=O)O.S. The Morgan fingerprint density at radius 2 is 1.94 bits per heavy atom. The molecule has 6 heteroatoms. The molecule has 1 aromatic rings. The van der Waals surface area contributed by atoms with Gasteiger partial charge < -0.3 is 10.8 Å². The first-order valence-electron chi connectivity index (χ1n) is 5.44. The molecule has 102 valence electrons.